The molecule has 0 saturated carbocycles. The van der Waals surface area contributed by atoms with Crippen molar-refractivity contribution in [2.75, 3.05) is 18.4 Å². The fourth-order valence-corrected chi connectivity index (χ4v) is 3.42. The standard InChI is InChI=1S/C11H11N5O2S2/c12-8-9-3-4-10(16-15-9)13-5-6-14-20(17,18)11-2-1-7-19-11/h1-4,7,14H,5-6H2,(H,13,16). The Bertz CT molecular complexity index is 689. The molecule has 2 rings (SSSR count). The van der Waals surface area contributed by atoms with Crippen LogP contribution in [0.4, 0.5) is 5.82 Å². The molecule has 0 fully saturated rings. The molecule has 0 amide bonds. The highest BCUT2D eigenvalue weighted by atomic mass is 32.2. The third-order valence-electron chi connectivity index (χ3n) is 2.26. The van der Waals surface area contributed by atoms with Gasteiger partial charge in [-0.15, -0.1) is 21.5 Å². The first-order chi connectivity index (χ1) is 9.62. The Morgan fingerprint density at radius 2 is 2.10 bits per heavy atom. The van der Waals surface area contributed by atoms with Gasteiger partial charge in [-0.1, -0.05) is 6.07 Å². The number of sulfonamides is 1. The first-order valence-corrected chi connectivity index (χ1v) is 7.99. The number of nitrogens with one attached hydrogen (secondary N) is 2. The maximum atomic E-state index is 11.8. The Morgan fingerprint density at radius 1 is 1.25 bits per heavy atom. The second-order valence-electron chi connectivity index (χ2n) is 3.67. The zero-order chi connectivity index (χ0) is 14.4. The van der Waals surface area contributed by atoms with E-state index in [0.717, 1.165) is 11.3 Å². The predicted octanol–water partition coefficient (Wildman–Crippen LogP) is 0.800. The van der Waals surface area contributed by atoms with Gasteiger partial charge in [0.2, 0.25) is 10.0 Å². The van der Waals surface area contributed by atoms with Crippen molar-refractivity contribution in [3.05, 3.63) is 35.3 Å². The van der Waals surface area contributed by atoms with Gasteiger partial charge in [-0.05, 0) is 23.6 Å². The molecule has 2 heterocycles. The molecule has 20 heavy (non-hydrogen) atoms. The maximum absolute atomic E-state index is 11.8. The fraction of sp³-hybridized carbons (Fsp3) is 0.182. The maximum Gasteiger partial charge on any atom is 0.250 e. The van der Waals surface area contributed by atoms with Crippen molar-refractivity contribution in [1.82, 2.24) is 14.9 Å². The van der Waals surface area contributed by atoms with E-state index in [4.69, 9.17) is 5.26 Å². The highest BCUT2D eigenvalue weighted by Gasteiger charge is 2.13. The van der Waals surface area contributed by atoms with E-state index in [1.807, 2.05) is 6.07 Å². The summed E-state index contributed by atoms with van der Waals surface area (Å²) >= 11 is 1.16. The SMILES string of the molecule is N#Cc1ccc(NCCNS(=O)(=O)c2cccs2)nn1. The van der Waals surface area contributed by atoms with Gasteiger partial charge in [0.05, 0.1) is 0 Å². The van der Waals surface area contributed by atoms with Gasteiger partial charge in [-0.2, -0.15) is 5.26 Å². The summed E-state index contributed by atoms with van der Waals surface area (Å²) in [6.07, 6.45) is 0. The van der Waals surface area contributed by atoms with Crippen molar-refractivity contribution in [3.63, 3.8) is 0 Å². The molecular weight excluding hydrogens is 298 g/mol. The average molecular weight is 309 g/mol. The van der Waals surface area contributed by atoms with Crippen LogP contribution >= 0.6 is 11.3 Å². The van der Waals surface area contributed by atoms with E-state index >= 15 is 0 Å². The zero-order valence-electron chi connectivity index (χ0n) is 10.3. The quantitative estimate of drug-likeness (QED) is 0.764. The number of rotatable bonds is 6. The third-order valence-corrected chi connectivity index (χ3v) is 5.12. The summed E-state index contributed by atoms with van der Waals surface area (Å²) in [7, 11) is -3.43. The van der Waals surface area contributed by atoms with E-state index in [2.05, 4.69) is 20.2 Å². The second kappa shape index (κ2) is 6.42. The van der Waals surface area contributed by atoms with Gasteiger partial charge < -0.3 is 5.32 Å². The minimum Gasteiger partial charge on any atom is -0.367 e. The van der Waals surface area contributed by atoms with Crippen molar-refractivity contribution in [2.45, 2.75) is 4.21 Å². The molecule has 0 aliphatic heterocycles. The lowest BCUT2D eigenvalue weighted by molar-refractivity contribution is 0.585. The number of anilines is 1. The van der Waals surface area contributed by atoms with E-state index in [1.54, 1.807) is 23.6 Å². The molecule has 7 nitrogen and oxygen atoms in total. The van der Waals surface area contributed by atoms with E-state index in [1.165, 1.54) is 6.07 Å². The highest BCUT2D eigenvalue weighted by Crippen LogP contribution is 2.14. The summed E-state index contributed by atoms with van der Waals surface area (Å²) in [6, 6.07) is 8.24. The lowest BCUT2D eigenvalue weighted by Gasteiger charge is -2.06. The molecule has 0 spiro atoms. The van der Waals surface area contributed by atoms with E-state index in [-0.39, 0.29) is 16.4 Å². The first kappa shape index (κ1) is 14.4. The smallest absolute Gasteiger partial charge is 0.250 e. The van der Waals surface area contributed by atoms with Crippen LogP contribution in [0, 0.1) is 11.3 Å². The van der Waals surface area contributed by atoms with Crippen LogP contribution in [0.1, 0.15) is 5.69 Å². The summed E-state index contributed by atoms with van der Waals surface area (Å²) in [6.45, 7) is 0.590. The molecule has 0 unspecified atom stereocenters. The molecule has 2 N–H and O–H groups in total. The van der Waals surface area contributed by atoms with Crippen molar-refractivity contribution < 1.29 is 8.42 Å². The number of nitriles is 1. The Balaban J connectivity index is 1.80. The van der Waals surface area contributed by atoms with E-state index in [0.29, 0.717) is 12.4 Å². The average Bonchev–Trinajstić information content (AvgIpc) is 2.99. The minimum atomic E-state index is -3.43. The number of nitrogens with zero attached hydrogens (tertiary/aromatic N) is 3. The number of aromatic nitrogens is 2. The first-order valence-electron chi connectivity index (χ1n) is 5.63. The summed E-state index contributed by atoms with van der Waals surface area (Å²) < 4.78 is 26.4. The Labute approximate surface area is 120 Å². The van der Waals surface area contributed by atoms with Crippen molar-refractivity contribution in [2.24, 2.45) is 0 Å². The van der Waals surface area contributed by atoms with Crippen LogP contribution < -0.4 is 10.0 Å². The Morgan fingerprint density at radius 3 is 2.70 bits per heavy atom. The molecule has 0 bridgehead atoms. The summed E-state index contributed by atoms with van der Waals surface area (Å²) in [5, 5.41) is 20.6. The summed E-state index contributed by atoms with van der Waals surface area (Å²) in [4.78, 5) is 0. The van der Waals surface area contributed by atoms with E-state index < -0.39 is 10.0 Å². The van der Waals surface area contributed by atoms with Gasteiger partial charge in [-0.3, -0.25) is 0 Å². The molecule has 0 saturated heterocycles. The molecule has 0 atom stereocenters. The van der Waals surface area contributed by atoms with Gasteiger partial charge >= 0.3 is 0 Å². The minimum absolute atomic E-state index is 0.224. The van der Waals surface area contributed by atoms with Crippen LogP contribution in [0.2, 0.25) is 0 Å². The lowest BCUT2D eigenvalue weighted by atomic mass is 10.4. The van der Waals surface area contributed by atoms with Gasteiger partial charge in [0.1, 0.15) is 16.1 Å². The summed E-state index contributed by atoms with van der Waals surface area (Å²) in [5.74, 6) is 0.485. The molecule has 2 aromatic rings. The van der Waals surface area contributed by atoms with Crippen LogP contribution in [0.25, 0.3) is 0 Å². The van der Waals surface area contributed by atoms with Crippen LogP contribution in [-0.4, -0.2) is 31.7 Å². The van der Waals surface area contributed by atoms with Gasteiger partial charge in [0, 0.05) is 13.1 Å². The van der Waals surface area contributed by atoms with Gasteiger partial charge in [0.15, 0.2) is 5.69 Å². The van der Waals surface area contributed by atoms with Gasteiger partial charge in [0.25, 0.3) is 0 Å². The van der Waals surface area contributed by atoms with Crippen LogP contribution in [0.5, 0.6) is 0 Å². The molecule has 0 aromatic carbocycles. The fourth-order valence-electron chi connectivity index (χ4n) is 1.35. The van der Waals surface area contributed by atoms with Crippen molar-refractivity contribution in [1.29, 1.82) is 5.26 Å². The number of hydrogen-bond acceptors (Lipinski definition) is 7. The molecule has 0 aliphatic carbocycles. The zero-order valence-corrected chi connectivity index (χ0v) is 11.9. The van der Waals surface area contributed by atoms with E-state index in [9.17, 15) is 8.42 Å². The van der Waals surface area contributed by atoms with Crippen LogP contribution in [0.15, 0.2) is 33.9 Å². The normalized spacial score (nSPS) is 10.9. The van der Waals surface area contributed by atoms with Gasteiger partial charge in [-0.25, -0.2) is 13.1 Å². The van der Waals surface area contributed by atoms with Crippen LogP contribution in [-0.2, 0) is 10.0 Å². The lowest BCUT2D eigenvalue weighted by Crippen LogP contribution is -2.28. The van der Waals surface area contributed by atoms with Crippen LogP contribution in [0.3, 0.4) is 0 Å². The number of thiophene rings is 1. The monoisotopic (exact) mass is 309 g/mol. The summed E-state index contributed by atoms with van der Waals surface area (Å²) in [5.41, 5.74) is 0.231. The molecule has 0 aliphatic rings. The topological polar surface area (TPSA) is 108 Å². The predicted molar refractivity (Wildman–Crippen MR) is 74.7 cm³/mol. The molecule has 0 radical (unpaired) electrons. The second-order valence-corrected chi connectivity index (χ2v) is 6.61. The molecular formula is C11H11N5O2S2. The third kappa shape index (κ3) is 3.74. The van der Waals surface area contributed by atoms with Crippen molar-refractivity contribution >= 4 is 27.2 Å². The largest absolute Gasteiger partial charge is 0.367 e. The molecule has 2 aromatic heterocycles. The highest BCUT2D eigenvalue weighted by molar-refractivity contribution is 7.91. The molecule has 104 valence electrons. The Kier molecular flexibility index (Phi) is 4.62. The van der Waals surface area contributed by atoms with Crippen molar-refractivity contribution in [3.8, 4) is 6.07 Å². The number of hydrogen-bond donors (Lipinski definition) is 2. The Hall–Kier alpha value is -2.02. The molecule has 9 heteroatoms.